The maximum Gasteiger partial charge on any atom is 0.0107 e. The highest BCUT2D eigenvalue weighted by Gasteiger charge is 2.08. The quantitative estimate of drug-likeness (QED) is 0.562. The Morgan fingerprint density at radius 3 is 1.79 bits per heavy atom. The smallest absolute Gasteiger partial charge is 0.0107 e. The number of rotatable bonds is 11. The number of hydrogen-bond acceptors (Lipinski definition) is 4. The monoisotopic (exact) mass is 344 g/mol. The van der Waals surface area contributed by atoms with E-state index in [1.165, 1.54) is 77.8 Å². The van der Waals surface area contributed by atoms with Crippen LogP contribution in [0.1, 0.15) is 66.2 Å². The molecule has 1 heterocycles. The first-order valence-electron chi connectivity index (χ1n) is 10.5. The molecule has 2 N–H and O–H groups in total. The summed E-state index contributed by atoms with van der Waals surface area (Å²) in [6, 6.07) is 0. The molecule has 1 aliphatic heterocycles. The van der Waals surface area contributed by atoms with Crippen molar-refractivity contribution in [2.75, 3.05) is 66.5 Å². The molecule has 24 heavy (non-hydrogen) atoms. The summed E-state index contributed by atoms with van der Waals surface area (Å²) in [5.74, 6) is 0. The van der Waals surface area contributed by atoms with E-state index in [1.54, 1.807) is 0 Å². The minimum Gasteiger partial charge on any atom is -0.320 e. The Hall–Kier alpha value is -0.160. The molecule has 0 aromatic carbocycles. The first-order chi connectivity index (χ1) is 11.8. The predicted octanol–water partition coefficient (Wildman–Crippen LogP) is 3.44. The molecule has 0 unspecified atom stereocenters. The Morgan fingerprint density at radius 1 is 0.792 bits per heavy atom. The van der Waals surface area contributed by atoms with Crippen molar-refractivity contribution in [2.45, 2.75) is 66.2 Å². The van der Waals surface area contributed by atoms with Gasteiger partial charge in [-0.05, 0) is 85.5 Å². The average Bonchev–Trinajstić information content (AvgIpc) is 2.63. The molecule has 0 bridgehead atoms. The Balaban J connectivity index is 0. The van der Waals surface area contributed by atoms with Gasteiger partial charge < -0.3 is 20.4 Å². The van der Waals surface area contributed by atoms with Crippen LogP contribution in [0.2, 0.25) is 0 Å². The number of likely N-dealkylation sites (tertiary alicyclic amines) is 1. The number of hydrogen-bond donors (Lipinski definition) is 2. The highest BCUT2D eigenvalue weighted by Crippen LogP contribution is 2.08. The SMILES string of the molecule is CC.CCCN(CCC)CCNC.CNCCCN1CCCCC1. The Kier molecular flexibility index (Phi) is 24.8. The van der Waals surface area contributed by atoms with E-state index in [4.69, 9.17) is 0 Å². The van der Waals surface area contributed by atoms with Crippen molar-refractivity contribution in [3.8, 4) is 0 Å². The summed E-state index contributed by atoms with van der Waals surface area (Å²) in [5, 5.41) is 6.35. The van der Waals surface area contributed by atoms with E-state index in [0.717, 1.165) is 13.1 Å². The second kappa shape index (κ2) is 22.8. The fourth-order valence-electron chi connectivity index (χ4n) is 2.90. The summed E-state index contributed by atoms with van der Waals surface area (Å²) in [6.45, 7) is 18.4. The van der Waals surface area contributed by atoms with E-state index < -0.39 is 0 Å². The van der Waals surface area contributed by atoms with E-state index in [9.17, 15) is 0 Å². The van der Waals surface area contributed by atoms with Gasteiger partial charge in [0.15, 0.2) is 0 Å². The van der Waals surface area contributed by atoms with Crippen LogP contribution in [0.25, 0.3) is 0 Å². The van der Waals surface area contributed by atoms with E-state index in [-0.39, 0.29) is 0 Å². The molecule has 4 nitrogen and oxygen atoms in total. The van der Waals surface area contributed by atoms with Crippen molar-refractivity contribution in [1.82, 2.24) is 20.4 Å². The van der Waals surface area contributed by atoms with Crippen LogP contribution in [0.3, 0.4) is 0 Å². The van der Waals surface area contributed by atoms with Crippen molar-refractivity contribution in [2.24, 2.45) is 0 Å². The summed E-state index contributed by atoms with van der Waals surface area (Å²) in [7, 11) is 4.03. The summed E-state index contributed by atoms with van der Waals surface area (Å²) in [4.78, 5) is 5.09. The van der Waals surface area contributed by atoms with Gasteiger partial charge in [-0.1, -0.05) is 34.1 Å². The van der Waals surface area contributed by atoms with Gasteiger partial charge >= 0.3 is 0 Å². The van der Waals surface area contributed by atoms with Gasteiger partial charge in [0.2, 0.25) is 0 Å². The van der Waals surface area contributed by atoms with Crippen LogP contribution < -0.4 is 10.6 Å². The molecule has 0 saturated carbocycles. The zero-order chi connectivity index (χ0) is 18.5. The summed E-state index contributed by atoms with van der Waals surface area (Å²) in [5.41, 5.74) is 0. The molecule has 1 rings (SSSR count). The first-order valence-corrected chi connectivity index (χ1v) is 10.5. The summed E-state index contributed by atoms with van der Waals surface area (Å²) in [6.07, 6.45) is 8.12. The molecule has 0 aliphatic carbocycles. The van der Waals surface area contributed by atoms with Crippen LogP contribution in [0.5, 0.6) is 0 Å². The molecule has 0 radical (unpaired) electrons. The van der Waals surface area contributed by atoms with Gasteiger partial charge in [0.25, 0.3) is 0 Å². The fraction of sp³-hybridized carbons (Fsp3) is 1.00. The van der Waals surface area contributed by atoms with Crippen LogP contribution in [-0.2, 0) is 0 Å². The summed E-state index contributed by atoms with van der Waals surface area (Å²) < 4.78 is 0. The Morgan fingerprint density at radius 2 is 1.33 bits per heavy atom. The van der Waals surface area contributed by atoms with Crippen LogP contribution in [-0.4, -0.2) is 76.3 Å². The summed E-state index contributed by atoms with van der Waals surface area (Å²) >= 11 is 0. The molecule has 1 aliphatic rings. The van der Waals surface area contributed by atoms with Gasteiger partial charge in [-0.2, -0.15) is 0 Å². The largest absolute Gasteiger partial charge is 0.320 e. The van der Waals surface area contributed by atoms with Crippen LogP contribution in [0, 0.1) is 0 Å². The lowest BCUT2D eigenvalue weighted by atomic mass is 10.1. The van der Waals surface area contributed by atoms with Gasteiger partial charge in [0.05, 0.1) is 0 Å². The average molecular weight is 345 g/mol. The minimum absolute atomic E-state index is 1.11. The molecule has 0 aromatic heterocycles. The van der Waals surface area contributed by atoms with Gasteiger partial charge in [-0.25, -0.2) is 0 Å². The van der Waals surface area contributed by atoms with Gasteiger partial charge in [0.1, 0.15) is 0 Å². The lowest BCUT2D eigenvalue weighted by Gasteiger charge is -2.26. The van der Waals surface area contributed by atoms with Crippen molar-refractivity contribution in [3.63, 3.8) is 0 Å². The van der Waals surface area contributed by atoms with Crippen molar-refractivity contribution >= 4 is 0 Å². The highest BCUT2D eigenvalue weighted by molar-refractivity contribution is 4.64. The van der Waals surface area contributed by atoms with Crippen LogP contribution in [0.4, 0.5) is 0 Å². The lowest BCUT2D eigenvalue weighted by molar-refractivity contribution is 0.226. The molecule has 0 spiro atoms. The first kappa shape index (κ1) is 26.1. The van der Waals surface area contributed by atoms with E-state index in [1.807, 2.05) is 27.9 Å². The molecular formula is C20H48N4. The third-order valence-corrected chi connectivity index (χ3v) is 4.11. The lowest BCUT2D eigenvalue weighted by Crippen LogP contribution is -2.32. The van der Waals surface area contributed by atoms with Crippen molar-refractivity contribution in [3.05, 3.63) is 0 Å². The van der Waals surface area contributed by atoms with Crippen molar-refractivity contribution < 1.29 is 0 Å². The van der Waals surface area contributed by atoms with Gasteiger partial charge in [0, 0.05) is 13.1 Å². The van der Waals surface area contributed by atoms with E-state index in [0.29, 0.717) is 0 Å². The number of piperidine rings is 1. The topological polar surface area (TPSA) is 30.5 Å². The molecule has 1 fully saturated rings. The Bertz CT molecular complexity index is 200. The zero-order valence-electron chi connectivity index (χ0n) is 17.8. The maximum atomic E-state index is 3.18. The molecule has 0 aromatic rings. The molecule has 0 atom stereocenters. The number of nitrogens with one attached hydrogen (secondary N) is 2. The van der Waals surface area contributed by atoms with E-state index in [2.05, 4.69) is 34.3 Å². The minimum atomic E-state index is 1.11. The standard InChI is InChI=1S/C9H20N2.C9H22N2.C2H6/c1-10-6-5-9-11-7-3-2-4-8-11;1-4-7-11(8-5-2)9-6-10-3;1-2/h10H,2-9H2,1H3;10H,4-9H2,1-3H3;1-2H3. The fourth-order valence-corrected chi connectivity index (χ4v) is 2.90. The Labute approximate surface area is 153 Å². The molecule has 0 amide bonds. The van der Waals surface area contributed by atoms with Crippen molar-refractivity contribution in [1.29, 1.82) is 0 Å². The molecule has 1 saturated heterocycles. The maximum absolute atomic E-state index is 3.18. The third kappa shape index (κ3) is 18.2. The number of nitrogens with zero attached hydrogens (tertiary/aromatic N) is 2. The molecule has 4 heteroatoms. The van der Waals surface area contributed by atoms with Gasteiger partial charge in [-0.15, -0.1) is 0 Å². The second-order valence-electron chi connectivity index (χ2n) is 6.30. The van der Waals surface area contributed by atoms with E-state index >= 15 is 0 Å². The highest BCUT2D eigenvalue weighted by atomic mass is 15.1. The normalized spacial score (nSPS) is 14.6. The second-order valence-corrected chi connectivity index (χ2v) is 6.30. The molecular weight excluding hydrogens is 296 g/mol. The number of likely N-dealkylation sites (N-methyl/N-ethyl adjacent to an activating group) is 1. The third-order valence-electron chi connectivity index (χ3n) is 4.11. The predicted molar refractivity (Wildman–Crippen MR) is 111 cm³/mol. The molecule has 148 valence electrons. The zero-order valence-corrected chi connectivity index (χ0v) is 17.8. The van der Waals surface area contributed by atoms with Gasteiger partial charge in [-0.3, -0.25) is 0 Å². The van der Waals surface area contributed by atoms with Crippen LogP contribution >= 0.6 is 0 Å². The van der Waals surface area contributed by atoms with Crippen LogP contribution in [0.15, 0.2) is 0 Å².